The van der Waals surface area contributed by atoms with Crippen LogP contribution in [-0.4, -0.2) is 85.4 Å². The molecule has 0 bridgehead atoms. The van der Waals surface area contributed by atoms with Crippen LogP contribution < -0.4 is 5.32 Å². The summed E-state index contributed by atoms with van der Waals surface area (Å²) in [5.41, 5.74) is -0.758. The second-order valence-corrected chi connectivity index (χ2v) is 6.59. The lowest BCUT2D eigenvalue weighted by atomic mass is 9.98. The molecule has 1 atom stereocenters. The van der Waals surface area contributed by atoms with Gasteiger partial charge >= 0.3 is 0 Å². The van der Waals surface area contributed by atoms with E-state index >= 15 is 0 Å². The third-order valence-corrected chi connectivity index (χ3v) is 4.64. The highest BCUT2D eigenvalue weighted by Crippen LogP contribution is 2.39. The van der Waals surface area contributed by atoms with Gasteiger partial charge in [0.05, 0.1) is 32.4 Å². The molecule has 0 aromatic heterocycles. The molecule has 7 heteroatoms. The zero-order valence-electron chi connectivity index (χ0n) is 14.0. The van der Waals surface area contributed by atoms with E-state index < -0.39 is 5.54 Å². The van der Waals surface area contributed by atoms with E-state index in [1.807, 2.05) is 4.90 Å². The molecule has 1 saturated heterocycles. The lowest BCUT2D eigenvalue weighted by Gasteiger charge is -2.30. The van der Waals surface area contributed by atoms with E-state index in [2.05, 4.69) is 16.3 Å². The molecule has 0 aromatic carbocycles. The molecule has 1 unspecified atom stereocenters. The summed E-state index contributed by atoms with van der Waals surface area (Å²) in [7, 11) is 0. The maximum Gasteiger partial charge on any atom is 0.235 e. The van der Waals surface area contributed by atoms with Gasteiger partial charge in [0.1, 0.15) is 5.54 Å². The van der Waals surface area contributed by atoms with Crippen LogP contribution in [0.2, 0.25) is 0 Å². The number of amides is 1. The molecule has 2 aliphatic rings. The van der Waals surface area contributed by atoms with Crippen molar-refractivity contribution in [2.75, 3.05) is 59.1 Å². The Hall–Kier alpha value is -1.20. The highest BCUT2D eigenvalue weighted by Gasteiger charge is 2.43. The van der Waals surface area contributed by atoms with Crippen molar-refractivity contribution in [3.8, 4) is 6.07 Å². The molecule has 1 aliphatic heterocycles. The summed E-state index contributed by atoms with van der Waals surface area (Å²) >= 11 is 0. The van der Waals surface area contributed by atoms with Crippen LogP contribution in [0, 0.1) is 17.2 Å². The molecular formula is C16H28N4O3. The smallest absolute Gasteiger partial charge is 0.235 e. The topological polar surface area (TPSA) is 88.8 Å². The number of nitriles is 1. The minimum absolute atomic E-state index is 0.0224. The predicted molar refractivity (Wildman–Crippen MR) is 85.7 cm³/mol. The molecule has 7 nitrogen and oxygen atoms in total. The van der Waals surface area contributed by atoms with Gasteiger partial charge in [0, 0.05) is 32.7 Å². The van der Waals surface area contributed by atoms with Gasteiger partial charge in [0.25, 0.3) is 0 Å². The first-order chi connectivity index (χ1) is 11.1. The third kappa shape index (κ3) is 5.74. The fourth-order valence-corrected chi connectivity index (χ4v) is 2.93. The summed E-state index contributed by atoms with van der Waals surface area (Å²) in [5, 5.41) is 21.4. The summed E-state index contributed by atoms with van der Waals surface area (Å²) in [4.78, 5) is 16.5. The zero-order chi connectivity index (χ0) is 16.7. The fraction of sp³-hybridized carbons (Fsp3) is 0.875. The predicted octanol–water partition coefficient (Wildman–Crippen LogP) is -0.579. The number of aliphatic hydroxyl groups excluding tert-OH is 1. The van der Waals surface area contributed by atoms with Gasteiger partial charge in [-0.15, -0.1) is 0 Å². The number of morpholine rings is 1. The molecule has 1 amide bonds. The molecule has 0 aromatic rings. The van der Waals surface area contributed by atoms with Gasteiger partial charge < -0.3 is 15.2 Å². The van der Waals surface area contributed by atoms with Crippen LogP contribution in [0.5, 0.6) is 0 Å². The Morgan fingerprint density at radius 2 is 2.13 bits per heavy atom. The molecule has 1 heterocycles. The molecular weight excluding hydrogens is 296 g/mol. The van der Waals surface area contributed by atoms with Crippen molar-refractivity contribution in [1.82, 2.24) is 15.1 Å². The monoisotopic (exact) mass is 324 g/mol. The molecule has 1 saturated carbocycles. The zero-order valence-corrected chi connectivity index (χ0v) is 14.0. The number of nitrogens with zero attached hydrogens (tertiary/aromatic N) is 3. The Labute approximate surface area is 138 Å². The summed E-state index contributed by atoms with van der Waals surface area (Å²) in [6, 6.07) is 2.24. The average Bonchev–Trinajstić information content (AvgIpc) is 3.39. The van der Waals surface area contributed by atoms with E-state index in [1.165, 1.54) is 0 Å². The lowest BCUT2D eigenvalue weighted by molar-refractivity contribution is -0.123. The van der Waals surface area contributed by atoms with Crippen LogP contribution in [0.25, 0.3) is 0 Å². The third-order valence-electron chi connectivity index (χ3n) is 4.64. The molecule has 23 heavy (non-hydrogen) atoms. The first kappa shape index (κ1) is 18.1. The summed E-state index contributed by atoms with van der Waals surface area (Å²) in [6.45, 7) is 7.40. The van der Waals surface area contributed by atoms with Crippen LogP contribution in [0.15, 0.2) is 0 Å². The van der Waals surface area contributed by atoms with Gasteiger partial charge in [-0.3, -0.25) is 14.6 Å². The highest BCUT2D eigenvalue weighted by atomic mass is 16.5. The maximum atomic E-state index is 12.3. The Balaban J connectivity index is 1.78. The second kappa shape index (κ2) is 8.60. The van der Waals surface area contributed by atoms with Gasteiger partial charge in [0.2, 0.25) is 5.91 Å². The average molecular weight is 324 g/mol. The fourth-order valence-electron chi connectivity index (χ4n) is 2.93. The summed E-state index contributed by atoms with van der Waals surface area (Å²) in [6.07, 6.45) is 2.00. The first-order valence-corrected chi connectivity index (χ1v) is 8.43. The van der Waals surface area contributed by atoms with Crippen molar-refractivity contribution < 1.29 is 14.6 Å². The van der Waals surface area contributed by atoms with Crippen LogP contribution in [0.4, 0.5) is 0 Å². The van der Waals surface area contributed by atoms with Gasteiger partial charge in [-0.05, 0) is 25.7 Å². The number of aliphatic hydroxyl groups is 1. The van der Waals surface area contributed by atoms with Crippen LogP contribution >= 0.6 is 0 Å². The van der Waals surface area contributed by atoms with Crippen LogP contribution in [0.3, 0.4) is 0 Å². The van der Waals surface area contributed by atoms with Gasteiger partial charge in [-0.25, -0.2) is 0 Å². The molecule has 2 N–H and O–H groups in total. The van der Waals surface area contributed by atoms with Crippen LogP contribution in [0.1, 0.15) is 19.8 Å². The normalized spacial score (nSPS) is 21.7. The first-order valence-electron chi connectivity index (χ1n) is 8.43. The van der Waals surface area contributed by atoms with E-state index in [-0.39, 0.29) is 25.0 Å². The number of nitrogens with one attached hydrogen (secondary N) is 1. The highest BCUT2D eigenvalue weighted by molar-refractivity contribution is 5.79. The van der Waals surface area contributed by atoms with Crippen molar-refractivity contribution in [3.05, 3.63) is 0 Å². The van der Waals surface area contributed by atoms with E-state index in [4.69, 9.17) is 4.74 Å². The van der Waals surface area contributed by atoms with E-state index in [0.717, 1.165) is 52.2 Å². The number of hydrogen-bond acceptors (Lipinski definition) is 6. The number of ether oxygens (including phenoxy) is 1. The molecule has 2 rings (SSSR count). The van der Waals surface area contributed by atoms with Crippen molar-refractivity contribution >= 4 is 5.91 Å². The molecule has 130 valence electrons. The summed E-state index contributed by atoms with van der Waals surface area (Å²) < 4.78 is 5.32. The Bertz CT molecular complexity index is 430. The largest absolute Gasteiger partial charge is 0.395 e. The second-order valence-electron chi connectivity index (χ2n) is 6.59. The minimum atomic E-state index is -0.758. The van der Waals surface area contributed by atoms with Gasteiger partial charge in [-0.1, -0.05) is 0 Å². The summed E-state index contributed by atoms with van der Waals surface area (Å²) in [5.74, 6) is 0.132. The number of carbonyl (C=O) groups is 1. The Kier molecular flexibility index (Phi) is 6.78. The maximum absolute atomic E-state index is 12.3. The minimum Gasteiger partial charge on any atom is -0.395 e. The lowest BCUT2D eigenvalue weighted by Crippen LogP contribution is -2.51. The van der Waals surface area contributed by atoms with Gasteiger partial charge in [-0.2, -0.15) is 5.26 Å². The molecule has 0 spiro atoms. The molecule has 0 radical (unpaired) electrons. The van der Waals surface area contributed by atoms with Crippen LogP contribution in [-0.2, 0) is 9.53 Å². The number of rotatable bonds is 9. The van der Waals surface area contributed by atoms with E-state index in [0.29, 0.717) is 6.54 Å². The van der Waals surface area contributed by atoms with Gasteiger partial charge in [0.15, 0.2) is 0 Å². The van der Waals surface area contributed by atoms with E-state index in [9.17, 15) is 15.2 Å². The Morgan fingerprint density at radius 1 is 1.43 bits per heavy atom. The Morgan fingerprint density at radius 3 is 2.70 bits per heavy atom. The molecule has 2 fully saturated rings. The van der Waals surface area contributed by atoms with Crippen molar-refractivity contribution in [2.24, 2.45) is 5.92 Å². The SMILES string of the molecule is CC(C#N)(NC(=O)CN(CCO)CCN1CCOCC1)C1CC1. The van der Waals surface area contributed by atoms with Crippen molar-refractivity contribution in [3.63, 3.8) is 0 Å². The quantitative estimate of drug-likeness (QED) is 0.590. The molecule has 1 aliphatic carbocycles. The number of carbonyl (C=O) groups excluding carboxylic acids is 1. The number of hydrogen-bond donors (Lipinski definition) is 2. The van der Waals surface area contributed by atoms with E-state index in [1.54, 1.807) is 6.92 Å². The standard InChI is InChI=1S/C16H28N4O3/c1-16(13-17,14-2-3-14)18-15(22)12-20(6-9-21)5-4-19-7-10-23-11-8-19/h14,21H,2-12H2,1H3,(H,18,22). The van der Waals surface area contributed by atoms with Crippen molar-refractivity contribution in [2.45, 2.75) is 25.3 Å². The van der Waals surface area contributed by atoms with Crippen molar-refractivity contribution in [1.29, 1.82) is 5.26 Å².